The first-order valence-electron chi connectivity index (χ1n) is 10.8. The second-order valence-corrected chi connectivity index (χ2v) is 7.53. The van der Waals surface area contributed by atoms with Gasteiger partial charge in [-0.25, -0.2) is 0 Å². The first-order chi connectivity index (χ1) is 14.6. The lowest BCUT2D eigenvalue weighted by atomic mass is 9.98. The van der Waals surface area contributed by atoms with Crippen molar-refractivity contribution in [2.45, 2.75) is 44.8 Å². The Morgan fingerprint density at radius 2 is 1.77 bits per heavy atom. The van der Waals surface area contributed by atoms with Crippen LogP contribution in [0.5, 0.6) is 0 Å². The minimum Gasteiger partial charge on any atom is -0.389 e. The molecule has 2 aromatic carbocycles. The number of rotatable bonds is 15. The number of Topliss-reactive ketones (excluding diaryl/α,β-unsaturated/α-hetero) is 1. The maximum absolute atomic E-state index is 13.0. The van der Waals surface area contributed by atoms with Crippen molar-refractivity contribution in [3.8, 4) is 0 Å². The molecule has 2 unspecified atom stereocenters. The lowest BCUT2D eigenvalue weighted by Gasteiger charge is -2.20. The van der Waals surface area contributed by atoms with Crippen LogP contribution in [-0.4, -0.2) is 56.5 Å². The Bertz CT molecular complexity index is 718. The van der Waals surface area contributed by atoms with Crippen LogP contribution >= 0.6 is 0 Å². The molecule has 30 heavy (non-hydrogen) atoms. The standard InChI is InChI=1S/C25H35NO4/c1-3-4-8-20-11-13-21(14-12-20)17-24(25(28)22-9-6-5-7-10-22)30-19-23(27)18-26-15-16-29-2/h5-7,9-14,23-24,26-27H,3-4,8,15-19H2,1-2H3. The van der Waals surface area contributed by atoms with Crippen LogP contribution in [0.25, 0.3) is 0 Å². The number of hydrogen-bond donors (Lipinski definition) is 2. The largest absolute Gasteiger partial charge is 0.389 e. The van der Waals surface area contributed by atoms with E-state index < -0.39 is 12.2 Å². The number of methoxy groups -OCH3 is 1. The summed E-state index contributed by atoms with van der Waals surface area (Å²) in [5.41, 5.74) is 2.98. The second-order valence-electron chi connectivity index (χ2n) is 7.53. The number of aryl methyl sites for hydroxylation is 1. The highest BCUT2D eigenvalue weighted by Crippen LogP contribution is 2.15. The van der Waals surface area contributed by atoms with E-state index in [-0.39, 0.29) is 12.4 Å². The predicted octanol–water partition coefficient (Wildman–Crippen LogP) is 3.44. The van der Waals surface area contributed by atoms with Crippen LogP contribution in [-0.2, 0) is 22.3 Å². The molecular formula is C25H35NO4. The summed E-state index contributed by atoms with van der Waals surface area (Å²) in [6, 6.07) is 17.6. The minimum atomic E-state index is -0.690. The van der Waals surface area contributed by atoms with Gasteiger partial charge in [-0.1, -0.05) is 67.9 Å². The van der Waals surface area contributed by atoms with Crippen molar-refractivity contribution in [2.75, 3.05) is 33.4 Å². The van der Waals surface area contributed by atoms with Gasteiger partial charge < -0.3 is 19.9 Å². The number of hydrogen-bond acceptors (Lipinski definition) is 5. The van der Waals surface area contributed by atoms with E-state index in [1.165, 1.54) is 18.4 Å². The van der Waals surface area contributed by atoms with E-state index in [1.807, 2.05) is 18.2 Å². The van der Waals surface area contributed by atoms with Crippen molar-refractivity contribution in [2.24, 2.45) is 0 Å². The lowest BCUT2D eigenvalue weighted by molar-refractivity contribution is -0.00197. The quantitative estimate of drug-likeness (QED) is 0.346. The number of benzene rings is 2. The van der Waals surface area contributed by atoms with Gasteiger partial charge >= 0.3 is 0 Å². The van der Waals surface area contributed by atoms with Gasteiger partial charge in [-0.15, -0.1) is 0 Å². The highest BCUT2D eigenvalue weighted by molar-refractivity contribution is 5.99. The first-order valence-corrected chi connectivity index (χ1v) is 10.8. The fraction of sp³-hybridized carbons (Fsp3) is 0.480. The molecule has 0 aliphatic carbocycles. The molecule has 5 heteroatoms. The minimum absolute atomic E-state index is 0.0646. The summed E-state index contributed by atoms with van der Waals surface area (Å²) < 4.78 is 10.9. The van der Waals surface area contributed by atoms with E-state index >= 15 is 0 Å². The monoisotopic (exact) mass is 413 g/mol. The van der Waals surface area contributed by atoms with Gasteiger partial charge in [0.2, 0.25) is 0 Å². The number of aliphatic hydroxyl groups excluding tert-OH is 1. The number of ether oxygens (including phenoxy) is 2. The summed E-state index contributed by atoms with van der Waals surface area (Å²) in [6.07, 6.45) is 2.57. The van der Waals surface area contributed by atoms with Gasteiger partial charge in [-0.05, 0) is 24.0 Å². The van der Waals surface area contributed by atoms with Crippen LogP contribution < -0.4 is 5.32 Å². The average molecular weight is 414 g/mol. The molecule has 0 saturated carbocycles. The zero-order chi connectivity index (χ0) is 21.6. The Labute approximate surface area is 180 Å². The number of nitrogens with one attached hydrogen (secondary N) is 1. The smallest absolute Gasteiger partial charge is 0.191 e. The molecule has 164 valence electrons. The summed E-state index contributed by atoms with van der Waals surface area (Å²) in [5.74, 6) is -0.0646. The third-order valence-corrected chi connectivity index (χ3v) is 4.97. The van der Waals surface area contributed by atoms with Crippen LogP contribution in [0, 0.1) is 0 Å². The number of unbranched alkanes of at least 4 members (excludes halogenated alkanes) is 1. The highest BCUT2D eigenvalue weighted by atomic mass is 16.5. The van der Waals surface area contributed by atoms with Crippen LogP contribution in [0.4, 0.5) is 0 Å². The molecule has 0 radical (unpaired) electrons. The molecule has 2 N–H and O–H groups in total. The van der Waals surface area contributed by atoms with Crippen LogP contribution in [0.2, 0.25) is 0 Å². The van der Waals surface area contributed by atoms with Crippen molar-refractivity contribution in [3.05, 3.63) is 71.3 Å². The van der Waals surface area contributed by atoms with Gasteiger partial charge in [0.05, 0.1) is 19.3 Å². The zero-order valence-corrected chi connectivity index (χ0v) is 18.2. The first kappa shape index (κ1) is 24.2. The second kappa shape index (κ2) is 14.0. The molecule has 0 aliphatic heterocycles. The van der Waals surface area contributed by atoms with E-state index in [9.17, 15) is 9.90 Å². The van der Waals surface area contributed by atoms with Crippen molar-refractivity contribution in [3.63, 3.8) is 0 Å². The van der Waals surface area contributed by atoms with Gasteiger partial charge in [0.15, 0.2) is 5.78 Å². The third-order valence-electron chi connectivity index (χ3n) is 4.97. The molecule has 5 nitrogen and oxygen atoms in total. The predicted molar refractivity (Wildman–Crippen MR) is 120 cm³/mol. The van der Waals surface area contributed by atoms with Gasteiger partial charge in [-0.2, -0.15) is 0 Å². The van der Waals surface area contributed by atoms with Gasteiger partial charge in [0, 0.05) is 32.2 Å². The third kappa shape index (κ3) is 8.76. The normalized spacial score (nSPS) is 13.2. The van der Waals surface area contributed by atoms with Crippen molar-refractivity contribution >= 4 is 5.78 Å². The Hall–Kier alpha value is -2.05. The maximum Gasteiger partial charge on any atom is 0.191 e. The van der Waals surface area contributed by atoms with E-state index in [0.717, 1.165) is 12.0 Å². The van der Waals surface area contributed by atoms with Crippen LogP contribution in [0.1, 0.15) is 41.3 Å². The summed E-state index contributed by atoms with van der Waals surface area (Å²) in [7, 11) is 1.64. The molecular weight excluding hydrogens is 378 g/mol. The Balaban J connectivity index is 1.99. The van der Waals surface area contributed by atoms with Crippen molar-refractivity contribution in [1.29, 1.82) is 0 Å². The fourth-order valence-corrected chi connectivity index (χ4v) is 3.18. The number of carbonyl (C=O) groups excluding carboxylic acids is 1. The molecule has 0 bridgehead atoms. The topological polar surface area (TPSA) is 67.8 Å². The highest BCUT2D eigenvalue weighted by Gasteiger charge is 2.22. The molecule has 2 rings (SSSR count). The van der Waals surface area contributed by atoms with Crippen LogP contribution in [0.3, 0.4) is 0 Å². The summed E-state index contributed by atoms with van der Waals surface area (Å²) in [5, 5.41) is 13.3. The number of aliphatic hydroxyl groups is 1. The maximum atomic E-state index is 13.0. The molecule has 0 saturated heterocycles. The molecule has 0 heterocycles. The van der Waals surface area contributed by atoms with E-state index in [2.05, 4.69) is 36.5 Å². The molecule has 0 amide bonds. The lowest BCUT2D eigenvalue weighted by Crippen LogP contribution is -2.36. The molecule has 0 aromatic heterocycles. The van der Waals surface area contributed by atoms with Crippen LogP contribution in [0.15, 0.2) is 54.6 Å². The van der Waals surface area contributed by atoms with Gasteiger partial charge in [0.1, 0.15) is 6.10 Å². The summed E-state index contributed by atoms with van der Waals surface area (Å²) >= 11 is 0. The molecule has 0 aliphatic rings. The SMILES string of the molecule is CCCCc1ccc(CC(OCC(O)CNCCOC)C(=O)c2ccccc2)cc1. The van der Waals surface area contributed by atoms with E-state index in [1.54, 1.807) is 19.2 Å². The summed E-state index contributed by atoms with van der Waals surface area (Å²) in [6.45, 7) is 3.91. The Kier molecular flexibility index (Phi) is 11.3. The van der Waals surface area contributed by atoms with Gasteiger partial charge in [-0.3, -0.25) is 4.79 Å². The van der Waals surface area contributed by atoms with Gasteiger partial charge in [0.25, 0.3) is 0 Å². The molecule has 2 atom stereocenters. The molecule has 0 fully saturated rings. The average Bonchev–Trinajstić information content (AvgIpc) is 2.79. The number of carbonyl (C=O) groups is 1. The molecule has 2 aromatic rings. The Morgan fingerprint density at radius 1 is 1.07 bits per heavy atom. The van der Waals surface area contributed by atoms with Crippen molar-refractivity contribution in [1.82, 2.24) is 5.32 Å². The number of ketones is 1. The fourth-order valence-electron chi connectivity index (χ4n) is 3.18. The zero-order valence-electron chi connectivity index (χ0n) is 18.2. The Morgan fingerprint density at radius 3 is 2.43 bits per heavy atom. The van der Waals surface area contributed by atoms with E-state index in [0.29, 0.717) is 31.7 Å². The van der Waals surface area contributed by atoms with Crippen molar-refractivity contribution < 1.29 is 19.4 Å². The van der Waals surface area contributed by atoms with E-state index in [4.69, 9.17) is 9.47 Å². The molecule has 0 spiro atoms. The summed E-state index contributed by atoms with van der Waals surface area (Å²) in [4.78, 5) is 13.0.